The van der Waals surface area contributed by atoms with Crippen LogP contribution in [0.2, 0.25) is 0 Å². The lowest BCUT2D eigenvalue weighted by Gasteiger charge is -2.27. The Morgan fingerprint density at radius 2 is 1.58 bits per heavy atom. The second-order valence-electron chi connectivity index (χ2n) is 7.24. The molecule has 1 aliphatic rings. The molecule has 1 aliphatic heterocycles. The fraction of sp³-hybridized carbons (Fsp3) is 0.120. The van der Waals surface area contributed by atoms with Gasteiger partial charge in [-0.25, -0.2) is 0 Å². The number of ether oxygens (including phenoxy) is 1. The van der Waals surface area contributed by atoms with E-state index in [-0.39, 0.29) is 22.8 Å². The number of phenols is 1. The van der Waals surface area contributed by atoms with E-state index in [1.165, 1.54) is 18.1 Å². The summed E-state index contributed by atoms with van der Waals surface area (Å²) in [5.41, 5.74) is 2.07. The number of carbonyl (C=O) groups excluding carboxylic acids is 2. The molecule has 1 saturated heterocycles. The molecule has 6 nitrogen and oxygen atoms in total. The maximum Gasteiger partial charge on any atom is 0.300 e. The Bertz CT molecular complexity index is 1200. The molecule has 1 unspecified atom stereocenters. The Balaban J connectivity index is 1.97. The van der Waals surface area contributed by atoms with Crippen LogP contribution < -0.4 is 9.64 Å². The monoisotopic (exact) mass is 415 g/mol. The number of nitrogens with zero attached hydrogens (tertiary/aromatic N) is 1. The van der Waals surface area contributed by atoms with E-state index in [9.17, 15) is 19.8 Å². The molecule has 0 saturated carbocycles. The zero-order valence-electron chi connectivity index (χ0n) is 17.1. The molecule has 4 rings (SSSR count). The van der Waals surface area contributed by atoms with Crippen molar-refractivity contribution in [2.45, 2.75) is 13.0 Å². The van der Waals surface area contributed by atoms with E-state index in [2.05, 4.69) is 0 Å². The summed E-state index contributed by atoms with van der Waals surface area (Å²) < 4.78 is 5.15. The lowest BCUT2D eigenvalue weighted by molar-refractivity contribution is -0.132. The van der Waals surface area contributed by atoms with Crippen molar-refractivity contribution in [2.24, 2.45) is 0 Å². The van der Waals surface area contributed by atoms with Gasteiger partial charge in [0.2, 0.25) is 0 Å². The second-order valence-corrected chi connectivity index (χ2v) is 7.24. The van der Waals surface area contributed by atoms with Crippen LogP contribution in [0.5, 0.6) is 11.5 Å². The molecule has 1 heterocycles. The molecule has 0 bridgehead atoms. The number of hydrogen-bond acceptors (Lipinski definition) is 5. The summed E-state index contributed by atoms with van der Waals surface area (Å²) in [6.45, 7) is 1.87. The predicted octanol–water partition coefficient (Wildman–Crippen LogP) is 4.34. The molecule has 0 aliphatic carbocycles. The Labute approximate surface area is 179 Å². The van der Waals surface area contributed by atoms with E-state index in [4.69, 9.17) is 4.74 Å². The van der Waals surface area contributed by atoms with Gasteiger partial charge in [-0.15, -0.1) is 0 Å². The number of aliphatic hydroxyl groups excluding tert-OH is 1. The summed E-state index contributed by atoms with van der Waals surface area (Å²) in [7, 11) is 1.53. The van der Waals surface area contributed by atoms with Crippen LogP contribution >= 0.6 is 0 Å². The number of ketones is 1. The number of rotatable bonds is 4. The molecular formula is C25H21NO5. The fourth-order valence-electron chi connectivity index (χ4n) is 3.84. The molecular weight excluding hydrogens is 394 g/mol. The third-order valence-electron chi connectivity index (χ3n) is 5.43. The number of hydrogen-bond donors (Lipinski definition) is 2. The van der Waals surface area contributed by atoms with Gasteiger partial charge in [-0.05, 0) is 54.4 Å². The standard InChI is InChI=1S/C25H21NO5/c1-15-7-3-4-8-18(15)22-21(23(28)16-11-13-17(31-2)14-12-16)24(29)25(30)26(22)19-9-5-6-10-20(19)27/h3-14,22,27-28H,1-2H3/b23-21+. The van der Waals surface area contributed by atoms with E-state index in [1.807, 2.05) is 19.1 Å². The lowest BCUT2D eigenvalue weighted by atomic mass is 9.92. The zero-order valence-corrected chi connectivity index (χ0v) is 17.1. The van der Waals surface area contributed by atoms with Gasteiger partial charge in [0.05, 0.1) is 24.4 Å². The van der Waals surface area contributed by atoms with Crippen LogP contribution in [-0.2, 0) is 9.59 Å². The molecule has 1 amide bonds. The fourth-order valence-corrected chi connectivity index (χ4v) is 3.84. The van der Waals surface area contributed by atoms with Crippen LogP contribution in [0.25, 0.3) is 5.76 Å². The minimum Gasteiger partial charge on any atom is -0.507 e. The number of amides is 1. The normalized spacial score (nSPS) is 17.7. The number of aryl methyl sites for hydroxylation is 1. The van der Waals surface area contributed by atoms with Crippen molar-refractivity contribution in [2.75, 3.05) is 12.0 Å². The summed E-state index contributed by atoms with van der Waals surface area (Å²) in [6.07, 6.45) is 0. The van der Waals surface area contributed by atoms with Crippen LogP contribution in [0.15, 0.2) is 78.4 Å². The van der Waals surface area contributed by atoms with Gasteiger partial charge in [-0.2, -0.15) is 0 Å². The maximum atomic E-state index is 13.1. The van der Waals surface area contributed by atoms with E-state index in [1.54, 1.807) is 54.6 Å². The van der Waals surface area contributed by atoms with Crippen LogP contribution in [-0.4, -0.2) is 29.0 Å². The minimum atomic E-state index is -0.892. The van der Waals surface area contributed by atoms with Crippen LogP contribution in [0.3, 0.4) is 0 Å². The van der Waals surface area contributed by atoms with E-state index in [0.29, 0.717) is 16.9 Å². The highest BCUT2D eigenvalue weighted by atomic mass is 16.5. The maximum absolute atomic E-state index is 13.1. The summed E-state index contributed by atoms with van der Waals surface area (Å²) in [6, 6.07) is 19.3. The zero-order chi connectivity index (χ0) is 22.1. The minimum absolute atomic E-state index is 0.0345. The topological polar surface area (TPSA) is 87.1 Å². The Morgan fingerprint density at radius 3 is 2.23 bits per heavy atom. The van der Waals surface area contributed by atoms with Gasteiger partial charge in [0, 0.05) is 5.56 Å². The number of Topliss-reactive ketones (excluding diaryl/α,β-unsaturated/α-hetero) is 1. The number of phenolic OH excluding ortho intramolecular Hbond substituents is 1. The van der Waals surface area contributed by atoms with Crippen molar-refractivity contribution < 1.29 is 24.5 Å². The quantitative estimate of drug-likeness (QED) is 0.376. The second kappa shape index (κ2) is 7.99. The summed E-state index contributed by atoms with van der Waals surface area (Å²) in [4.78, 5) is 27.5. The van der Waals surface area contributed by atoms with Gasteiger partial charge in [0.25, 0.3) is 11.7 Å². The van der Waals surface area contributed by atoms with Crippen LogP contribution in [0.4, 0.5) is 5.69 Å². The van der Waals surface area contributed by atoms with Gasteiger partial charge in [-0.1, -0.05) is 36.4 Å². The Kier molecular flexibility index (Phi) is 5.21. The van der Waals surface area contributed by atoms with Crippen molar-refractivity contribution in [1.82, 2.24) is 0 Å². The third kappa shape index (κ3) is 3.42. The van der Waals surface area contributed by atoms with Gasteiger partial charge in [0.1, 0.15) is 17.3 Å². The first-order valence-electron chi connectivity index (χ1n) is 9.73. The van der Waals surface area contributed by atoms with E-state index in [0.717, 1.165) is 5.56 Å². The van der Waals surface area contributed by atoms with E-state index < -0.39 is 17.7 Å². The Hall–Kier alpha value is -4.06. The highest BCUT2D eigenvalue weighted by molar-refractivity contribution is 6.52. The van der Waals surface area contributed by atoms with Crippen molar-refractivity contribution in [1.29, 1.82) is 0 Å². The molecule has 1 atom stereocenters. The summed E-state index contributed by atoms with van der Waals surface area (Å²) in [5, 5.41) is 21.5. The number of benzene rings is 3. The summed E-state index contributed by atoms with van der Waals surface area (Å²) >= 11 is 0. The number of methoxy groups -OCH3 is 1. The molecule has 6 heteroatoms. The number of carbonyl (C=O) groups is 2. The largest absolute Gasteiger partial charge is 0.507 e. The van der Waals surface area contributed by atoms with Gasteiger partial charge in [-0.3, -0.25) is 14.5 Å². The van der Waals surface area contributed by atoms with Crippen LogP contribution in [0.1, 0.15) is 22.7 Å². The van der Waals surface area contributed by atoms with Gasteiger partial charge in [0.15, 0.2) is 0 Å². The van der Waals surface area contributed by atoms with Gasteiger partial charge < -0.3 is 14.9 Å². The molecule has 156 valence electrons. The number of aromatic hydroxyl groups is 1. The molecule has 1 fully saturated rings. The molecule has 3 aromatic rings. The SMILES string of the molecule is COc1ccc(/C(O)=C2\C(=O)C(=O)N(c3ccccc3O)C2c2ccccc2C)cc1. The first-order chi connectivity index (χ1) is 14.9. The first-order valence-corrected chi connectivity index (χ1v) is 9.73. The average molecular weight is 415 g/mol. The van der Waals surface area contributed by atoms with Crippen molar-refractivity contribution >= 4 is 23.1 Å². The van der Waals surface area contributed by atoms with Crippen molar-refractivity contribution in [3.05, 3.63) is 95.1 Å². The highest BCUT2D eigenvalue weighted by Gasteiger charge is 2.48. The van der Waals surface area contributed by atoms with Gasteiger partial charge >= 0.3 is 0 Å². The molecule has 31 heavy (non-hydrogen) atoms. The Morgan fingerprint density at radius 1 is 0.935 bits per heavy atom. The molecule has 0 radical (unpaired) electrons. The molecule has 2 N–H and O–H groups in total. The lowest BCUT2D eigenvalue weighted by Crippen LogP contribution is -2.29. The van der Waals surface area contributed by atoms with Crippen molar-refractivity contribution in [3.63, 3.8) is 0 Å². The number of anilines is 1. The smallest absolute Gasteiger partial charge is 0.300 e. The van der Waals surface area contributed by atoms with Crippen LogP contribution in [0, 0.1) is 6.92 Å². The first kappa shape index (κ1) is 20.2. The number of aliphatic hydroxyl groups is 1. The number of para-hydroxylation sites is 2. The average Bonchev–Trinajstić information content (AvgIpc) is 3.04. The third-order valence-corrected chi connectivity index (χ3v) is 5.43. The highest BCUT2D eigenvalue weighted by Crippen LogP contribution is 2.45. The molecule has 3 aromatic carbocycles. The van der Waals surface area contributed by atoms with Crippen molar-refractivity contribution in [3.8, 4) is 11.5 Å². The molecule has 0 aromatic heterocycles. The van der Waals surface area contributed by atoms with E-state index >= 15 is 0 Å². The molecule has 0 spiro atoms. The predicted molar refractivity (Wildman–Crippen MR) is 117 cm³/mol. The summed E-state index contributed by atoms with van der Waals surface area (Å²) in [5.74, 6) is -1.45.